The van der Waals surface area contributed by atoms with Gasteiger partial charge in [-0.25, -0.2) is 0 Å². The van der Waals surface area contributed by atoms with Gasteiger partial charge < -0.3 is 10.4 Å². The maximum absolute atomic E-state index is 10.6. The molecule has 1 atom stereocenters. The molecule has 1 aromatic rings. The summed E-state index contributed by atoms with van der Waals surface area (Å²) >= 11 is 0. The summed E-state index contributed by atoms with van der Waals surface area (Å²) in [7, 11) is 1.87. The number of carboxylic acids is 1. The predicted octanol–water partition coefficient (Wildman–Crippen LogP) is 0.539. The molecule has 15 heavy (non-hydrogen) atoms. The fourth-order valence-corrected chi connectivity index (χ4v) is 1.33. The van der Waals surface area contributed by atoms with Gasteiger partial charge in [-0.1, -0.05) is 6.92 Å². The molecule has 0 aliphatic carbocycles. The van der Waals surface area contributed by atoms with Crippen molar-refractivity contribution < 1.29 is 9.90 Å². The molecular formula is C10H17N3O2. The fraction of sp³-hybridized carbons (Fsp3) is 0.600. The fourth-order valence-electron chi connectivity index (χ4n) is 1.33. The summed E-state index contributed by atoms with van der Waals surface area (Å²) in [4.78, 5) is 10.6. The highest BCUT2D eigenvalue weighted by Gasteiger charge is 2.10. The Balaban J connectivity index is 2.38. The summed E-state index contributed by atoms with van der Waals surface area (Å²) in [5.41, 5.74) is 2.09. The summed E-state index contributed by atoms with van der Waals surface area (Å²) in [6, 6.07) is 0. The van der Waals surface area contributed by atoms with Gasteiger partial charge in [-0.05, 0) is 6.92 Å². The molecule has 0 saturated carbocycles. The molecule has 1 aromatic heterocycles. The summed E-state index contributed by atoms with van der Waals surface area (Å²) in [5.74, 6) is -1.13. The zero-order valence-corrected chi connectivity index (χ0v) is 9.32. The van der Waals surface area contributed by atoms with Gasteiger partial charge in [0.25, 0.3) is 0 Å². The number of carboxylic acid groups (broad SMARTS) is 1. The Bertz CT molecular complexity index is 346. The van der Waals surface area contributed by atoms with Gasteiger partial charge in [-0.2, -0.15) is 5.10 Å². The third-order valence-electron chi connectivity index (χ3n) is 2.30. The molecule has 0 aliphatic rings. The van der Waals surface area contributed by atoms with E-state index >= 15 is 0 Å². The lowest BCUT2D eigenvalue weighted by Crippen LogP contribution is -2.26. The second-order valence-electron chi connectivity index (χ2n) is 3.78. The summed E-state index contributed by atoms with van der Waals surface area (Å²) < 4.78 is 1.76. The zero-order valence-electron chi connectivity index (χ0n) is 9.32. The van der Waals surface area contributed by atoms with Gasteiger partial charge in [-0.3, -0.25) is 9.48 Å². The van der Waals surface area contributed by atoms with E-state index in [4.69, 9.17) is 5.11 Å². The minimum absolute atomic E-state index is 0.359. The molecule has 0 radical (unpaired) electrons. The Morgan fingerprint density at radius 1 is 1.73 bits per heavy atom. The maximum Gasteiger partial charge on any atom is 0.307 e. The van der Waals surface area contributed by atoms with E-state index in [1.807, 2.05) is 20.2 Å². The maximum atomic E-state index is 10.6. The Morgan fingerprint density at radius 2 is 2.40 bits per heavy atom. The average Bonchev–Trinajstić information content (AvgIpc) is 2.45. The van der Waals surface area contributed by atoms with Crippen molar-refractivity contribution in [1.82, 2.24) is 15.1 Å². The monoisotopic (exact) mass is 211 g/mol. The van der Waals surface area contributed by atoms with Crippen LogP contribution in [0.1, 0.15) is 18.2 Å². The molecule has 0 amide bonds. The molecule has 84 valence electrons. The molecule has 0 fully saturated rings. The van der Waals surface area contributed by atoms with E-state index in [-0.39, 0.29) is 5.92 Å². The third kappa shape index (κ3) is 3.36. The number of nitrogens with zero attached hydrogens (tertiary/aromatic N) is 2. The summed E-state index contributed by atoms with van der Waals surface area (Å²) in [5, 5.41) is 16.0. The van der Waals surface area contributed by atoms with Crippen molar-refractivity contribution >= 4 is 5.97 Å². The van der Waals surface area contributed by atoms with Crippen molar-refractivity contribution in [2.75, 3.05) is 6.54 Å². The number of aliphatic carboxylic acids is 1. The van der Waals surface area contributed by atoms with E-state index in [1.54, 1.807) is 11.6 Å². The van der Waals surface area contributed by atoms with Crippen LogP contribution in [0.25, 0.3) is 0 Å². The van der Waals surface area contributed by atoms with Gasteiger partial charge >= 0.3 is 5.97 Å². The number of aryl methyl sites for hydroxylation is 2. The topological polar surface area (TPSA) is 67.2 Å². The largest absolute Gasteiger partial charge is 0.481 e. The number of hydrogen-bond donors (Lipinski definition) is 2. The minimum Gasteiger partial charge on any atom is -0.481 e. The molecule has 2 N–H and O–H groups in total. The van der Waals surface area contributed by atoms with Crippen LogP contribution in [0.3, 0.4) is 0 Å². The van der Waals surface area contributed by atoms with E-state index in [0.717, 1.165) is 11.3 Å². The van der Waals surface area contributed by atoms with Crippen LogP contribution < -0.4 is 5.32 Å². The van der Waals surface area contributed by atoms with Crippen LogP contribution in [0.4, 0.5) is 0 Å². The van der Waals surface area contributed by atoms with E-state index < -0.39 is 5.97 Å². The molecule has 0 aliphatic heterocycles. The van der Waals surface area contributed by atoms with Gasteiger partial charge in [0, 0.05) is 31.9 Å². The van der Waals surface area contributed by atoms with Crippen molar-refractivity contribution in [2.24, 2.45) is 13.0 Å². The smallest absolute Gasteiger partial charge is 0.307 e. The van der Waals surface area contributed by atoms with Crippen LogP contribution in [0, 0.1) is 12.8 Å². The van der Waals surface area contributed by atoms with Crippen LogP contribution in [0.2, 0.25) is 0 Å². The van der Waals surface area contributed by atoms with Crippen LogP contribution in [-0.2, 0) is 18.4 Å². The van der Waals surface area contributed by atoms with Crippen LogP contribution in [-0.4, -0.2) is 27.4 Å². The zero-order chi connectivity index (χ0) is 11.4. The average molecular weight is 211 g/mol. The third-order valence-corrected chi connectivity index (χ3v) is 2.30. The van der Waals surface area contributed by atoms with Crippen LogP contribution in [0.5, 0.6) is 0 Å². The first kappa shape index (κ1) is 11.7. The lowest BCUT2D eigenvalue weighted by molar-refractivity contribution is -0.140. The van der Waals surface area contributed by atoms with Gasteiger partial charge in [0.05, 0.1) is 11.6 Å². The molecule has 0 aromatic carbocycles. The highest BCUT2D eigenvalue weighted by atomic mass is 16.4. The molecule has 1 rings (SSSR count). The molecule has 1 unspecified atom stereocenters. The second kappa shape index (κ2) is 4.93. The normalized spacial score (nSPS) is 12.7. The SMILES string of the molecule is Cc1nn(C)cc1CNCC(C)C(=O)O. The molecule has 1 heterocycles. The number of aromatic nitrogens is 2. The lowest BCUT2D eigenvalue weighted by Gasteiger charge is -2.07. The van der Waals surface area contributed by atoms with Crippen molar-refractivity contribution in [3.63, 3.8) is 0 Å². The van der Waals surface area contributed by atoms with Crippen molar-refractivity contribution in [3.05, 3.63) is 17.5 Å². The Hall–Kier alpha value is -1.36. The van der Waals surface area contributed by atoms with Gasteiger partial charge in [0.15, 0.2) is 0 Å². The molecule has 0 bridgehead atoms. The van der Waals surface area contributed by atoms with E-state index in [2.05, 4.69) is 10.4 Å². The quantitative estimate of drug-likeness (QED) is 0.746. The van der Waals surface area contributed by atoms with Crippen LogP contribution >= 0.6 is 0 Å². The minimum atomic E-state index is -0.773. The first-order valence-electron chi connectivity index (χ1n) is 4.93. The lowest BCUT2D eigenvalue weighted by atomic mass is 10.2. The molecule has 5 nitrogen and oxygen atoms in total. The Labute approximate surface area is 89.1 Å². The molecule has 0 spiro atoms. The van der Waals surface area contributed by atoms with Gasteiger partial charge in [0.2, 0.25) is 0 Å². The van der Waals surface area contributed by atoms with E-state index in [9.17, 15) is 4.79 Å². The van der Waals surface area contributed by atoms with Gasteiger partial charge in [-0.15, -0.1) is 0 Å². The van der Waals surface area contributed by atoms with E-state index in [0.29, 0.717) is 13.1 Å². The van der Waals surface area contributed by atoms with Crippen molar-refractivity contribution in [1.29, 1.82) is 0 Å². The number of nitrogens with one attached hydrogen (secondary N) is 1. The predicted molar refractivity (Wildman–Crippen MR) is 56.5 cm³/mol. The van der Waals surface area contributed by atoms with E-state index in [1.165, 1.54) is 0 Å². The summed E-state index contributed by atoms with van der Waals surface area (Å²) in [6.07, 6.45) is 1.94. The standard InChI is InChI=1S/C10H17N3O2/c1-7(10(14)15)4-11-5-9-6-13(3)12-8(9)2/h6-7,11H,4-5H2,1-3H3,(H,14,15). The second-order valence-corrected chi connectivity index (χ2v) is 3.78. The molecular weight excluding hydrogens is 194 g/mol. The van der Waals surface area contributed by atoms with Crippen molar-refractivity contribution in [3.8, 4) is 0 Å². The molecule has 5 heteroatoms. The number of hydrogen-bond acceptors (Lipinski definition) is 3. The van der Waals surface area contributed by atoms with Gasteiger partial charge in [0.1, 0.15) is 0 Å². The van der Waals surface area contributed by atoms with Crippen LogP contribution in [0.15, 0.2) is 6.20 Å². The summed E-state index contributed by atoms with van der Waals surface area (Å²) in [6.45, 7) is 4.77. The first-order valence-corrected chi connectivity index (χ1v) is 4.93. The Morgan fingerprint density at radius 3 is 2.87 bits per heavy atom. The highest BCUT2D eigenvalue weighted by Crippen LogP contribution is 2.04. The first-order chi connectivity index (χ1) is 7.00. The highest BCUT2D eigenvalue weighted by molar-refractivity contribution is 5.69. The van der Waals surface area contributed by atoms with Crippen molar-refractivity contribution in [2.45, 2.75) is 20.4 Å². The number of rotatable bonds is 5. The molecule has 0 saturated heterocycles. The number of carbonyl (C=O) groups is 1. The Kier molecular flexibility index (Phi) is 3.85.